The van der Waals surface area contributed by atoms with Crippen LogP contribution in [0.3, 0.4) is 0 Å². The Kier molecular flexibility index (Phi) is 5.55. The Bertz CT molecular complexity index is 1160. The Labute approximate surface area is 165 Å². The van der Waals surface area contributed by atoms with Crippen molar-refractivity contribution in [3.05, 3.63) is 94.3 Å². The molecule has 29 heavy (non-hydrogen) atoms. The summed E-state index contributed by atoms with van der Waals surface area (Å²) in [7, 11) is -3.93. The van der Waals surface area contributed by atoms with Crippen LogP contribution in [0.1, 0.15) is 10.4 Å². The molecule has 0 atom stereocenters. The van der Waals surface area contributed by atoms with Gasteiger partial charge in [0, 0.05) is 23.4 Å². The Hall–Kier alpha value is -3.79. The number of non-ortho nitro benzene ring substituents is 1. The molecule has 3 rings (SSSR count). The third kappa shape index (κ3) is 4.93. The SMILES string of the molecule is O=C(Nc1ccc(S(=O)(=O)Nc2cccc(F)c2)cc1)c1ccc([N+](=O)[O-])cc1. The first kappa shape index (κ1) is 20.0. The van der Waals surface area contributed by atoms with E-state index in [4.69, 9.17) is 0 Å². The molecule has 0 unspecified atom stereocenters. The number of hydrogen-bond donors (Lipinski definition) is 2. The number of hydrogen-bond acceptors (Lipinski definition) is 5. The van der Waals surface area contributed by atoms with Gasteiger partial charge in [-0.1, -0.05) is 6.07 Å². The highest BCUT2D eigenvalue weighted by Gasteiger charge is 2.15. The van der Waals surface area contributed by atoms with E-state index in [1.165, 1.54) is 66.7 Å². The number of halogens is 1. The van der Waals surface area contributed by atoms with E-state index in [-0.39, 0.29) is 21.8 Å². The van der Waals surface area contributed by atoms with Crippen LogP contribution >= 0.6 is 0 Å². The van der Waals surface area contributed by atoms with Gasteiger partial charge in [0.1, 0.15) is 5.82 Å². The maximum atomic E-state index is 13.2. The van der Waals surface area contributed by atoms with Gasteiger partial charge in [0.05, 0.1) is 15.5 Å². The molecule has 0 aliphatic carbocycles. The normalized spacial score (nSPS) is 10.9. The molecule has 0 aliphatic heterocycles. The van der Waals surface area contributed by atoms with Crippen LogP contribution in [0.25, 0.3) is 0 Å². The van der Waals surface area contributed by atoms with Crippen LogP contribution in [0.15, 0.2) is 77.7 Å². The zero-order chi connectivity index (χ0) is 21.0. The third-order valence-corrected chi connectivity index (χ3v) is 5.24. The van der Waals surface area contributed by atoms with Crippen LogP contribution in [-0.4, -0.2) is 19.2 Å². The second kappa shape index (κ2) is 8.07. The van der Waals surface area contributed by atoms with Crippen molar-refractivity contribution >= 4 is 33.0 Å². The van der Waals surface area contributed by atoms with Crippen molar-refractivity contribution in [2.24, 2.45) is 0 Å². The van der Waals surface area contributed by atoms with E-state index in [1.807, 2.05) is 0 Å². The first-order chi connectivity index (χ1) is 13.7. The van der Waals surface area contributed by atoms with E-state index in [0.29, 0.717) is 5.69 Å². The predicted molar refractivity (Wildman–Crippen MR) is 105 cm³/mol. The Balaban J connectivity index is 1.70. The average Bonchev–Trinajstić information content (AvgIpc) is 2.68. The van der Waals surface area contributed by atoms with Crippen LogP contribution in [0.5, 0.6) is 0 Å². The van der Waals surface area contributed by atoms with Gasteiger partial charge < -0.3 is 5.32 Å². The summed E-state index contributed by atoms with van der Waals surface area (Å²) in [4.78, 5) is 22.2. The van der Waals surface area contributed by atoms with Gasteiger partial charge >= 0.3 is 0 Å². The molecule has 8 nitrogen and oxygen atoms in total. The van der Waals surface area contributed by atoms with Gasteiger partial charge in [0.15, 0.2) is 0 Å². The molecule has 1 amide bonds. The van der Waals surface area contributed by atoms with Crippen LogP contribution in [0.4, 0.5) is 21.5 Å². The van der Waals surface area contributed by atoms with E-state index in [2.05, 4.69) is 10.0 Å². The summed E-state index contributed by atoms with van der Waals surface area (Å²) in [6, 6.07) is 15.4. The fraction of sp³-hybridized carbons (Fsp3) is 0. The summed E-state index contributed by atoms with van der Waals surface area (Å²) in [5, 5.41) is 13.2. The van der Waals surface area contributed by atoms with Gasteiger partial charge in [-0.25, -0.2) is 12.8 Å². The second-order valence-electron chi connectivity index (χ2n) is 5.90. The minimum absolute atomic E-state index is 0.0740. The summed E-state index contributed by atoms with van der Waals surface area (Å²) < 4.78 is 40.2. The van der Waals surface area contributed by atoms with Gasteiger partial charge in [-0.15, -0.1) is 0 Å². The van der Waals surface area contributed by atoms with Crippen molar-refractivity contribution in [3.63, 3.8) is 0 Å². The van der Waals surface area contributed by atoms with Gasteiger partial charge in [0.25, 0.3) is 21.6 Å². The standard InChI is InChI=1S/C19H14FN3O5S/c20-14-2-1-3-16(12-14)22-29(27,28)18-10-6-15(7-11-18)21-19(24)13-4-8-17(9-5-13)23(25)26/h1-12,22H,(H,21,24). The minimum Gasteiger partial charge on any atom is -0.322 e. The molecule has 0 spiro atoms. The first-order valence-electron chi connectivity index (χ1n) is 8.19. The second-order valence-corrected chi connectivity index (χ2v) is 7.58. The summed E-state index contributed by atoms with van der Waals surface area (Å²) >= 11 is 0. The fourth-order valence-corrected chi connectivity index (χ4v) is 3.47. The molecule has 0 aliphatic rings. The van der Waals surface area contributed by atoms with E-state index in [0.717, 1.165) is 6.07 Å². The van der Waals surface area contributed by atoms with Crippen molar-refractivity contribution in [2.45, 2.75) is 4.90 Å². The number of benzene rings is 3. The number of nitro groups is 1. The summed E-state index contributed by atoms with van der Waals surface area (Å²) in [6.45, 7) is 0. The van der Waals surface area contributed by atoms with Crippen molar-refractivity contribution in [1.82, 2.24) is 0 Å². The molecule has 0 aromatic heterocycles. The molecule has 0 fully saturated rings. The number of rotatable bonds is 6. The molecule has 148 valence electrons. The number of sulfonamides is 1. The fourth-order valence-electron chi connectivity index (χ4n) is 2.42. The Morgan fingerprint density at radius 1 is 0.931 bits per heavy atom. The quantitative estimate of drug-likeness (QED) is 0.469. The highest BCUT2D eigenvalue weighted by molar-refractivity contribution is 7.92. The highest BCUT2D eigenvalue weighted by Crippen LogP contribution is 2.20. The number of carbonyl (C=O) groups is 1. The number of amides is 1. The molecular formula is C19H14FN3O5S. The lowest BCUT2D eigenvalue weighted by Crippen LogP contribution is -2.14. The number of carbonyl (C=O) groups excluding carboxylic acids is 1. The van der Waals surface area contributed by atoms with E-state index in [1.54, 1.807) is 0 Å². The Morgan fingerprint density at radius 2 is 1.59 bits per heavy atom. The molecule has 3 aromatic carbocycles. The van der Waals surface area contributed by atoms with Crippen molar-refractivity contribution in [3.8, 4) is 0 Å². The molecule has 2 N–H and O–H groups in total. The first-order valence-corrected chi connectivity index (χ1v) is 9.67. The van der Waals surface area contributed by atoms with Crippen molar-refractivity contribution in [1.29, 1.82) is 0 Å². The van der Waals surface area contributed by atoms with Crippen LogP contribution in [-0.2, 0) is 10.0 Å². The third-order valence-electron chi connectivity index (χ3n) is 3.84. The zero-order valence-corrected chi connectivity index (χ0v) is 15.5. The van der Waals surface area contributed by atoms with E-state index >= 15 is 0 Å². The van der Waals surface area contributed by atoms with Gasteiger partial charge in [0.2, 0.25) is 0 Å². The lowest BCUT2D eigenvalue weighted by atomic mass is 10.2. The highest BCUT2D eigenvalue weighted by atomic mass is 32.2. The van der Waals surface area contributed by atoms with Crippen molar-refractivity contribution < 1.29 is 22.5 Å². The largest absolute Gasteiger partial charge is 0.322 e. The lowest BCUT2D eigenvalue weighted by molar-refractivity contribution is -0.384. The monoisotopic (exact) mass is 415 g/mol. The van der Waals surface area contributed by atoms with Crippen LogP contribution in [0.2, 0.25) is 0 Å². The molecule has 0 heterocycles. The number of nitrogens with one attached hydrogen (secondary N) is 2. The molecule has 0 radical (unpaired) electrons. The van der Waals surface area contributed by atoms with Gasteiger partial charge in [-0.05, 0) is 54.6 Å². The van der Waals surface area contributed by atoms with Gasteiger partial charge in [-0.3, -0.25) is 19.6 Å². The predicted octanol–water partition coefficient (Wildman–Crippen LogP) is 3.79. The topological polar surface area (TPSA) is 118 Å². The number of nitro benzene ring substituents is 1. The summed E-state index contributed by atoms with van der Waals surface area (Å²) in [5.41, 5.74) is 0.487. The molecule has 0 saturated carbocycles. The van der Waals surface area contributed by atoms with E-state index < -0.39 is 26.7 Å². The van der Waals surface area contributed by atoms with Gasteiger partial charge in [-0.2, -0.15) is 0 Å². The lowest BCUT2D eigenvalue weighted by Gasteiger charge is -2.09. The molecule has 0 bridgehead atoms. The molecule has 10 heteroatoms. The molecule has 3 aromatic rings. The maximum absolute atomic E-state index is 13.2. The molecular weight excluding hydrogens is 401 g/mol. The molecule has 0 saturated heterocycles. The summed E-state index contributed by atoms with van der Waals surface area (Å²) in [6.07, 6.45) is 0. The van der Waals surface area contributed by atoms with E-state index in [9.17, 15) is 27.7 Å². The Morgan fingerprint density at radius 3 is 2.17 bits per heavy atom. The van der Waals surface area contributed by atoms with Crippen molar-refractivity contribution in [2.75, 3.05) is 10.0 Å². The maximum Gasteiger partial charge on any atom is 0.269 e. The number of nitrogens with zero attached hydrogens (tertiary/aromatic N) is 1. The zero-order valence-electron chi connectivity index (χ0n) is 14.7. The van der Waals surface area contributed by atoms with Crippen LogP contribution < -0.4 is 10.0 Å². The number of anilines is 2. The average molecular weight is 415 g/mol. The van der Waals surface area contributed by atoms with Crippen LogP contribution in [0, 0.1) is 15.9 Å². The smallest absolute Gasteiger partial charge is 0.269 e. The minimum atomic E-state index is -3.93. The summed E-state index contributed by atoms with van der Waals surface area (Å²) in [5.74, 6) is -1.08.